The first-order valence-electron chi connectivity index (χ1n) is 9.78. The Bertz CT molecular complexity index is 805. The van der Waals surface area contributed by atoms with Gasteiger partial charge in [0.25, 0.3) is 5.91 Å². The van der Waals surface area contributed by atoms with Crippen molar-refractivity contribution in [3.63, 3.8) is 0 Å². The van der Waals surface area contributed by atoms with E-state index in [1.54, 1.807) is 36.5 Å². The van der Waals surface area contributed by atoms with Crippen LogP contribution < -0.4 is 10.1 Å². The summed E-state index contributed by atoms with van der Waals surface area (Å²) in [5, 5.41) is 3.78. The van der Waals surface area contributed by atoms with E-state index < -0.39 is 0 Å². The number of pyridine rings is 1. The Balaban J connectivity index is 1.61. The average Bonchev–Trinajstić information content (AvgIpc) is 2.73. The molecule has 0 bridgehead atoms. The quantitative estimate of drug-likeness (QED) is 0.704. The maximum absolute atomic E-state index is 14.5. The molecule has 0 spiro atoms. The van der Waals surface area contributed by atoms with Gasteiger partial charge in [-0.15, -0.1) is 0 Å². The van der Waals surface area contributed by atoms with Gasteiger partial charge < -0.3 is 10.1 Å². The van der Waals surface area contributed by atoms with E-state index in [1.165, 1.54) is 7.11 Å². The monoisotopic (exact) mass is 404 g/mol. The third-order valence-corrected chi connectivity index (χ3v) is 5.98. The number of amides is 1. The molecule has 1 aliphatic rings. The zero-order valence-electron chi connectivity index (χ0n) is 16.3. The predicted molar refractivity (Wildman–Crippen MR) is 108 cm³/mol. The third kappa shape index (κ3) is 4.64. The number of nitrogens with zero attached hydrogens (tertiary/aromatic N) is 1. The molecule has 0 aliphatic heterocycles. The van der Waals surface area contributed by atoms with Crippen LogP contribution in [0.2, 0.25) is 5.02 Å². The highest BCUT2D eigenvalue weighted by molar-refractivity contribution is 6.30. The van der Waals surface area contributed by atoms with Gasteiger partial charge in [-0.25, -0.2) is 9.37 Å². The molecule has 1 heterocycles. The van der Waals surface area contributed by atoms with Crippen LogP contribution in [0.4, 0.5) is 4.39 Å². The summed E-state index contributed by atoms with van der Waals surface area (Å²) >= 11 is 5.90. The fourth-order valence-electron chi connectivity index (χ4n) is 4.13. The summed E-state index contributed by atoms with van der Waals surface area (Å²) in [4.78, 5) is 16.5. The average molecular weight is 405 g/mol. The van der Waals surface area contributed by atoms with Crippen LogP contribution in [0.15, 0.2) is 36.5 Å². The Morgan fingerprint density at radius 2 is 1.93 bits per heavy atom. The minimum atomic E-state index is -0.350. The van der Waals surface area contributed by atoms with Crippen molar-refractivity contribution in [2.24, 2.45) is 5.92 Å². The predicted octanol–water partition coefficient (Wildman–Crippen LogP) is 5.37. The standard InChI is InChI=1S/C22H26ClFN2O2/c1-3-19(26-21(27)16-8-10-17(23)11-9-16)15-6-4-14(5-7-15)18-12-13-25-22(28-2)20(18)24/h8-15,19H,3-7H2,1-2H3,(H,26,27)/t14?,15?,19-/m1/s1. The zero-order valence-corrected chi connectivity index (χ0v) is 17.0. The van der Waals surface area contributed by atoms with Crippen molar-refractivity contribution in [1.82, 2.24) is 10.3 Å². The van der Waals surface area contributed by atoms with E-state index in [0.29, 0.717) is 22.1 Å². The van der Waals surface area contributed by atoms with Gasteiger partial charge in [-0.05, 0) is 79.8 Å². The highest BCUT2D eigenvalue weighted by Gasteiger charge is 2.30. The number of benzene rings is 1. The molecule has 1 fully saturated rings. The van der Waals surface area contributed by atoms with Crippen LogP contribution in [-0.4, -0.2) is 24.0 Å². The molecular weight excluding hydrogens is 379 g/mol. The van der Waals surface area contributed by atoms with Crippen LogP contribution in [0.5, 0.6) is 5.88 Å². The van der Waals surface area contributed by atoms with Crippen molar-refractivity contribution >= 4 is 17.5 Å². The van der Waals surface area contributed by atoms with E-state index >= 15 is 0 Å². The van der Waals surface area contributed by atoms with Gasteiger partial charge in [-0.2, -0.15) is 0 Å². The van der Waals surface area contributed by atoms with Crippen molar-refractivity contribution in [2.75, 3.05) is 7.11 Å². The maximum atomic E-state index is 14.5. The van der Waals surface area contributed by atoms with E-state index in [1.807, 2.05) is 0 Å². The first kappa shape index (κ1) is 20.6. The highest BCUT2D eigenvalue weighted by Crippen LogP contribution is 2.39. The molecule has 150 valence electrons. The molecule has 0 radical (unpaired) electrons. The lowest BCUT2D eigenvalue weighted by molar-refractivity contribution is 0.0909. The molecule has 1 aromatic carbocycles. The number of ether oxygens (including phenoxy) is 1. The van der Waals surface area contributed by atoms with E-state index in [-0.39, 0.29) is 29.6 Å². The lowest BCUT2D eigenvalue weighted by Gasteiger charge is -2.34. The largest absolute Gasteiger partial charge is 0.479 e. The molecule has 2 aromatic rings. The summed E-state index contributed by atoms with van der Waals surface area (Å²) in [7, 11) is 1.43. The summed E-state index contributed by atoms with van der Waals surface area (Å²) in [6.45, 7) is 2.09. The zero-order chi connectivity index (χ0) is 20.1. The van der Waals surface area contributed by atoms with Gasteiger partial charge in [0.05, 0.1) is 7.11 Å². The molecule has 4 nitrogen and oxygen atoms in total. The molecule has 1 saturated carbocycles. The van der Waals surface area contributed by atoms with E-state index in [4.69, 9.17) is 16.3 Å². The van der Waals surface area contributed by atoms with Crippen LogP contribution in [0.25, 0.3) is 0 Å². The van der Waals surface area contributed by atoms with Crippen LogP contribution in [0.3, 0.4) is 0 Å². The summed E-state index contributed by atoms with van der Waals surface area (Å²) < 4.78 is 19.5. The number of halogens is 2. The van der Waals surface area contributed by atoms with Gasteiger partial charge in [-0.1, -0.05) is 18.5 Å². The van der Waals surface area contributed by atoms with E-state index in [0.717, 1.165) is 32.1 Å². The lowest BCUT2D eigenvalue weighted by Crippen LogP contribution is -2.41. The smallest absolute Gasteiger partial charge is 0.251 e. The molecule has 1 N–H and O–H groups in total. The molecular formula is C22H26ClFN2O2. The van der Waals surface area contributed by atoms with E-state index in [2.05, 4.69) is 17.2 Å². The first-order valence-corrected chi connectivity index (χ1v) is 10.2. The Kier molecular flexibility index (Phi) is 6.89. The Hall–Kier alpha value is -2.14. The number of aromatic nitrogens is 1. The second-order valence-corrected chi connectivity index (χ2v) is 7.77. The molecule has 1 atom stereocenters. The summed E-state index contributed by atoms with van der Waals surface area (Å²) in [6, 6.07) is 8.78. The number of hydrogen-bond donors (Lipinski definition) is 1. The number of nitrogens with one attached hydrogen (secondary N) is 1. The van der Waals surface area contributed by atoms with Crippen LogP contribution in [-0.2, 0) is 0 Å². The van der Waals surface area contributed by atoms with Gasteiger partial charge in [0.1, 0.15) is 0 Å². The van der Waals surface area contributed by atoms with Crippen LogP contribution >= 0.6 is 11.6 Å². The van der Waals surface area contributed by atoms with Gasteiger partial charge in [-0.3, -0.25) is 4.79 Å². The molecule has 1 aliphatic carbocycles. The molecule has 1 aromatic heterocycles. The first-order chi connectivity index (χ1) is 13.5. The minimum Gasteiger partial charge on any atom is -0.479 e. The summed E-state index contributed by atoms with van der Waals surface area (Å²) in [5.74, 6) is 0.190. The Morgan fingerprint density at radius 3 is 2.54 bits per heavy atom. The number of carbonyl (C=O) groups is 1. The fraction of sp³-hybridized carbons (Fsp3) is 0.455. The molecule has 28 heavy (non-hydrogen) atoms. The maximum Gasteiger partial charge on any atom is 0.251 e. The minimum absolute atomic E-state index is 0.0567. The molecule has 0 unspecified atom stereocenters. The number of hydrogen-bond acceptors (Lipinski definition) is 3. The van der Waals surface area contributed by atoms with Gasteiger partial charge in [0, 0.05) is 22.8 Å². The van der Waals surface area contributed by atoms with Gasteiger partial charge in [0.2, 0.25) is 5.88 Å². The SMILES string of the molecule is CC[C@@H](NC(=O)c1ccc(Cl)cc1)C1CCC(c2ccnc(OC)c2F)CC1. The lowest BCUT2D eigenvalue weighted by atomic mass is 9.75. The second-order valence-electron chi connectivity index (χ2n) is 7.33. The summed E-state index contributed by atoms with van der Waals surface area (Å²) in [5.41, 5.74) is 1.30. The third-order valence-electron chi connectivity index (χ3n) is 5.72. The highest BCUT2D eigenvalue weighted by atomic mass is 35.5. The van der Waals surface area contributed by atoms with Crippen LogP contribution in [0, 0.1) is 11.7 Å². The molecule has 1 amide bonds. The van der Waals surface area contributed by atoms with Gasteiger partial charge in [0.15, 0.2) is 5.82 Å². The van der Waals surface area contributed by atoms with Crippen molar-refractivity contribution in [1.29, 1.82) is 0 Å². The van der Waals surface area contributed by atoms with Crippen molar-refractivity contribution in [2.45, 2.75) is 51.0 Å². The van der Waals surface area contributed by atoms with E-state index in [9.17, 15) is 9.18 Å². The second kappa shape index (κ2) is 9.37. The van der Waals surface area contributed by atoms with Crippen LogP contribution in [0.1, 0.15) is 60.9 Å². The molecule has 0 saturated heterocycles. The number of carbonyl (C=O) groups excluding carboxylic acids is 1. The van der Waals surface area contributed by atoms with Crippen molar-refractivity contribution < 1.29 is 13.9 Å². The number of methoxy groups -OCH3 is 1. The van der Waals surface area contributed by atoms with Crippen molar-refractivity contribution in [3.8, 4) is 5.88 Å². The Labute approximate surface area is 170 Å². The molecule has 6 heteroatoms. The Morgan fingerprint density at radius 1 is 1.25 bits per heavy atom. The fourth-order valence-corrected chi connectivity index (χ4v) is 4.26. The van der Waals surface area contributed by atoms with Crippen molar-refractivity contribution in [3.05, 3.63) is 58.5 Å². The summed E-state index contributed by atoms with van der Waals surface area (Å²) in [6.07, 6.45) is 6.16. The van der Waals surface area contributed by atoms with Gasteiger partial charge >= 0.3 is 0 Å². The topological polar surface area (TPSA) is 51.2 Å². The normalized spacial score (nSPS) is 20.4. The number of rotatable bonds is 6. The molecule has 3 rings (SSSR count).